The van der Waals surface area contributed by atoms with E-state index < -0.39 is 6.04 Å². The molecule has 1 atom stereocenters. The van der Waals surface area contributed by atoms with Gasteiger partial charge in [0.2, 0.25) is 11.8 Å². The topological polar surface area (TPSA) is 58.6 Å². The van der Waals surface area contributed by atoms with Crippen LogP contribution in [0.25, 0.3) is 0 Å². The van der Waals surface area contributed by atoms with E-state index in [9.17, 15) is 14.0 Å². The van der Waals surface area contributed by atoms with Crippen LogP contribution in [0.2, 0.25) is 0 Å². The number of rotatable bonds is 12. The molecule has 1 N–H and O–H groups in total. The van der Waals surface area contributed by atoms with Gasteiger partial charge in [0.15, 0.2) is 0 Å². The van der Waals surface area contributed by atoms with E-state index in [1.807, 2.05) is 54.6 Å². The highest BCUT2D eigenvalue weighted by molar-refractivity contribution is 7.99. The largest absolute Gasteiger partial charge is 0.497 e. The number of methoxy groups -OCH3 is 1. The predicted molar refractivity (Wildman–Crippen MR) is 155 cm³/mol. The van der Waals surface area contributed by atoms with Crippen LogP contribution in [0, 0.1) is 5.82 Å². The van der Waals surface area contributed by atoms with Crippen LogP contribution in [0.15, 0.2) is 78.9 Å². The van der Waals surface area contributed by atoms with E-state index >= 15 is 0 Å². The van der Waals surface area contributed by atoms with Crippen LogP contribution in [0.4, 0.5) is 4.39 Å². The summed E-state index contributed by atoms with van der Waals surface area (Å²) in [5.74, 6) is 0.656. The molecule has 2 amide bonds. The summed E-state index contributed by atoms with van der Waals surface area (Å²) in [6.45, 7) is 0.270. The Kier molecular flexibility index (Phi) is 10.8. The molecule has 206 valence electrons. The first kappa shape index (κ1) is 28.7. The Morgan fingerprint density at radius 2 is 1.69 bits per heavy atom. The number of carbonyl (C=O) groups excluding carboxylic acids is 2. The molecule has 7 heteroatoms. The molecule has 0 aliphatic heterocycles. The van der Waals surface area contributed by atoms with E-state index in [1.165, 1.54) is 24.2 Å². The fourth-order valence-electron chi connectivity index (χ4n) is 5.01. The molecule has 0 unspecified atom stereocenters. The summed E-state index contributed by atoms with van der Waals surface area (Å²) in [4.78, 5) is 29.3. The normalized spacial score (nSPS) is 14.4. The molecular formula is C32H37FN2O3S. The molecular weight excluding hydrogens is 511 g/mol. The lowest BCUT2D eigenvalue weighted by Crippen LogP contribution is -2.53. The molecule has 0 saturated heterocycles. The van der Waals surface area contributed by atoms with Gasteiger partial charge in [0.05, 0.1) is 12.9 Å². The highest BCUT2D eigenvalue weighted by Crippen LogP contribution is 2.23. The lowest BCUT2D eigenvalue weighted by Gasteiger charge is -2.33. The SMILES string of the molecule is COc1cccc(CN(C(=O)CSCc2ccccc2F)[C@@H](Cc2ccccc2)C(=O)NC2CCCCC2)c1. The maximum Gasteiger partial charge on any atom is 0.243 e. The highest BCUT2D eigenvalue weighted by atomic mass is 32.2. The van der Waals surface area contributed by atoms with Crippen LogP contribution < -0.4 is 10.1 Å². The third-order valence-electron chi connectivity index (χ3n) is 7.15. The summed E-state index contributed by atoms with van der Waals surface area (Å²) in [7, 11) is 1.61. The van der Waals surface area contributed by atoms with Crippen molar-refractivity contribution in [2.45, 2.75) is 62.9 Å². The van der Waals surface area contributed by atoms with Crippen molar-refractivity contribution < 1.29 is 18.7 Å². The minimum absolute atomic E-state index is 0.124. The van der Waals surface area contributed by atoms with Crippen molar-refractivity contribution in [3.8, 4) is 5.75 Å². The van der Waals surface area contributed by atoms with Crippen LogP contribution in [-0.2, 0) is 28.3 Å². The maximum atomic E-state index is 14.2. The summed E-state index contributed by atoms with van der Waals surface area (Å²) in [6, 6.07) is 23.5. The van der Waals surface area contributed by atoms with Crippen LogP contribution >= 0.6 is 11.8 Å². The number of nitrogens with one attached hydrogen (secondary N) is 1. The third-order valence-corrected chi connectivity index (χ3v) is 8.12. The number of hydrogen-bond donors (Lipinski definition) is 1. The van der Waals surface area contributed by atoms with Gasteiger partial charge in [-0.25, -0.2) is 4.39 Å². The van der Waals surface area contributed by atoms with Crippen LogP contribution in [0.3, 0.4) is 0 Å². The van der Waals surface area contributed by atoms with E-state index in [4.69, 9.17) is 4.74 Å². The van der Waals surface area contributed by atoms with E-state index in [0.717, 1.165) is 36.8 Å². The average Bonchev–Trinajstić information content (AvgIpc) is 2.97. The standard InChI is InChI=1S/C32H37FN2O3S/c1-38-28-17-10-13-25(19-28)21-35(31(36)23-39-22-26-14-8-9-18-29(26)33)30(20-24-11-4-2-5-12-24)32(37)34-27-15-6-3-7-16-27/h2,4-5,8-14,17-19,27,30H,3,6-7,15-16,20-23H2,1H3,(H,34,37)/t30-/m0/s1. The number of ether oxygens (including phenoxy) is 1. The lowest BCUT2D eigenvalue weighted by molar-refractivity contribution is -0.139. The maximum absolute atomic E-state index is 14.2. The van der Waals surface area contributed by atoms with Crippen LogP contribution in [-0.4, -0.2) is 41.7 Å². The number of carbonyl (C=O) groups is 2. The Balaban J connectivity index is 1.58. The molecule has 0 heterocycles. The van der Waals surface area contributed by atoms with Crippen molar-refractivity contribution >= 4 is 23.6 Å². The van der Waals surface area contributed by atoms with E-state index in [2.05, 4.69) is 5.32 Å². The number of thioether (sulfide) groups is 1. The zero-order valence-corrected chi connectivity index (χ0v) is 23.3. The van der Waals surface area contributed by atoms with Gasteiger partial charge >= 0.3 is 0 Å². The molecule has 5 nitrogen and oxygen atoms in total. The molecule has 4 rings (SSSR count). The van der Waals surface area contributed by atoms with Gasteiger partial charge in [-0.2, -0.15) is 0 Å². The van der Waals surface area contributed by atoms with E-state index in [1.54, 1.807) is 30.2 Å². The van der Waals surface area contributed by atoms with Crippen molar-refractivity contribution in [3.05, 3.63) is 101 Å². The quantitative estimate of drug-likeness (QED) is 0.295. The molecule has 0 spiro atoms. The van der Waals surface area contributed by atoms with Gasteiger partial charge in [-0.15, -0.1) is 11.8 Å². The highest BCUT2D eigenvalue weighted by Gasteiger charge is 2.32. The Hall–Kier alpha value is -3.32. The first-order chi connectivity index (χ1) is 19.0. The molecule has 0 aromatic heterocycles. The summed E-state index contributed by atoms with van der Waals surface area (Å²) < 4.78 is 19.6. The summed E-state index contributed by atoms with van der Waals surface area (Å²) >= 11 is 1.36. The van der Waals surface area contributed by atoms with Gasteiger partial charge in [-0.1, -0.05) is 79.9 Å². The summed E-state index contributed by atoms with van der Waals surface area (Å²) in [5, 5.41) is 3.26. The number of halogens is 1. The van der Waals surface area contributed by atoms with Crippen molar-refractivity contribution in [1.82, 2.24) is 10.2 Å². The van der Waals surface area contributed by atoms with Gasteiger partial charge in [0.25, 0.3) is 0 Å². The number of nitrogens with zero attached hydrogens (tertiary/aromatic N) is 1. The molecule has 1 saturated carbocycles. The molecule has 3 aromatic carbocycles. The minimum atomic E-state index is -0.679. The summed E-state index contributed by atoms with van der Waals surface area (Å²) in [6.07, 6.45) is 5.74. The molecule has 3 aromatic rings. The number of benzene rings is 3. The molecule has 1 aliphatic rings. The van der Waals surface area contributed by atoms with Crippen LogP contribution in [0.5, 0.6) is 5.75 Å². The molecule has 0 radical (unpaired) electrons. The Bertz CT molecular complexity index is 1220. The minimum Gasteiger partial charge on any atom is -0.497 e. The second-order valence-electron chi connectivity index (χ2n) is 10.0. The van der Waals surface area contributed by atoms with Gasteiger partial charge in [-0.05, 0) is 47.7 Å². The fraction of sp³-hybridized carbons (Fsp3) is 0.375. The number of amides is 2. The number of hydrogen-bond acceptors (Lipinski definition) is 4. The second-order valence-corrected chi connectivity index (χ2v) is 11.0. The Morgan fingerprint density at radius 3 is 2.44 bits per heavy atom. The Morgan fingerprint density at radius 1 is 0.974 bits per heavy atom. The average molecular weight is 549 g/mol. The van der Waals surface area contributed by atoms with Crippen molar-refractivity contribution in [3.63, 3.8) is 0 Å². The van der Waals surface area contributed by atoms with E-state index in [0.29, 0.717) is 23.5 Å². The van der Waals surface area contributed by atoms with Crippen molar-refractivity contribution in [1.29, 1.82) is 0 Å². The smallest absolute Gasteiger partial charge is 0.243 e. The first-order valence-electron chi connectivity index (χ1n) is 13.6. The Labute approximate surface area is 235 Å². The summed E-state index contributed by atoms with van der Waals surface area (Å²) in [5.41, 5.74) is 2.43. The van der Waals surface area contributed by atoms with Gasteiger partial charge < -0.3 is 15.0 Å². The fourth-order valence-corrected chi connectivity index (χ4v) is 5.91. The van der Waals surface area contributed by atoms with Gasteiger partial charge in [0, 0.05) is 24.8 Å². The van der Waals surface area contributed by atoms with Crippen LogP contribution in [0.1, 0.15) is 48.8 Å². The molecule has 1 fully saturated rings. The monoisotopic (exact) mass is 548 g/mol. The molecule has 1 aliphatic carbocycles. The zero-order chi connectivity index (χ0) is 27.5. The van der Waals surface area contributed by atoms with Crippen molar-refractivity contribution in [2.24, 2.45) is 0 Å². The third kappa shape index (κ3) is 8.59. The molecule has 39 heavy (non-hydrogen) atoms. The zero-order valence-electron chi connectivity index (χ0n) is 22.5. The van der Waals surface area contributed by atoms with Crippen molar-refractivity contribution in [2.75, 3.05) is 12.9 Å². The van der Waals surface area contributed by atoms with E-state index in [-0.39, 0.29) is 36.0 Å². The van der Waals surface area contributed by atoms with Gasteiger partial charge in [0.1, 0.15) is 17.6 Å². The lowest BCUT2D eigenvalue weighted by atomic mass is 9.94. The first-order valence-corrected chi connectivity index (χ1v) is 14.8. The molecule has 0 bridgehead atoms. The predicted octanol–water partition coefficient (Wildman–Crippen LogP) is 6.16. The van der Waals surface area contributed by atoms with Gasteiger partial charge in [-0.3, -0.25) is 9.59 Å². The second kappa shape index (κ2) is 14.7.